The van der Waals surface area contributed by atoms with Gasteiger partial charge in [-0.15, -0.1) is 0 Å². The van der Waals surface area contributed by atoms with Gasteiger partial charge < -0.3 is 26.4 Å². The van der Waals surface area contributed by atoms with Crippen molar-refractivity contribution in [2.45, 2.75) is 43.4 Å². The van der Waals surface area contributed by atoms with E-state index >= 15 is 0 Å². The van der Waals surface area contributed by atoms with Crippen LogP contribution in [-0.4, -0.2) is 75.9 Å². The minimum Gasteiger partial charge on any atom is -0.480 e. The maximum atomic E-state index is 12.8. The van der Waals surface area contributed by atoms with E-state index in [2.05, 4.69) is 35.9 Å². The second-order valence-corrected chi connectivity index (χ2v) is 8.04. The normalized spacial score (nSPS) is 18.7. The van der Waals surface area contributed by atoms with E-state index in [0.29, 0.717) is 19.4 Å². The highest BCUT2D eigenvalue weighted by molar-refractivity contribution is 7.80. The topological polar surface area (TPSA) is 142 Å². The first kappa shape index (κ1) is 25.0. The Hall–Kier alpha value is -2.24. The molecule has 2 rings (SSSR count). The van der Waals surface area contributed by atoms with Crippen LogP contribution in [-0.2, 0) is 25.6 Å². The zero-order chi connectivity index (χ0) is 23.0. The number of hydrogen-bond donors (Lipinski definition) is 6. The molecule has 4 atom stereocenters. The quantitative estimate of drug-likeness (QED) is 0.255. The van der Waals surface area contributed by atoms with Crippen LogP contribution < -0.4 is 16.4 Å². The average molecular weight is 469 g/mol. The summed E-state index contributed by atoms with van der Waals surface area (Å²) in [7, 11) is 0. The monoisotopic (exact) mass is 468 g/mol. The van der Waals surface area contributed by atoms with E-state index < -0.39 is 42.0 Å². The number of nitrogens with two attached hydrogens (primary N) is 1. The van der Waals surface area contributed by atoms with Gasteiger partial charge in [0.25, 0.3) is 0 Å². The first-order valence-electron chi connectivity index (χ1n) is 9.93. The molecule has 1 heterocycles. The third kappa shape index (κ3) is 6.88. The van der Waals surface area contributed by atoms with Crippen molar-refractivity contribution in [1.82, 2.24) is 15.5 Å². The largest absolute Gasteiger partial charge is 0.480 e. The highest BCUT2D eigenvalue weighted by Crippen LogP contribution is 2.19. The molecular weight excluding hydrogens is 440 g/mol. The lowest BCUT2D eigenvalue weighted by Crippen LogP contribution is -2.57. The maximum absolute atomic E-state index is 12.8. The Morgan fingerprint density at radius 2 is 1.77 bits per heavy atom. The molecule has 170 valence electrons. The summed E-state index contributed by atoms with van der Waals surface area (Å²) < 4.78 is 0. The highest BCUT2D eigenvalue weighted by Gasteiger charge is 2.37. The Bertz CT molecular complexity index is 795. The number of carboxylic acid groups (broad SMARTS) is 1. The summed E-state index contributed by atoms with van der Waals surface area (Å²) in [6, 6.07) is 5.13. The van der Waals surface area contributed by atoms with Crippen LogP contribution in [0.3, 0.4) is 0 Å². The number of hydrogen-bond acceptors (Lipinski definition) is 7. The third-order valence-corrected chi connectivity index (χ3v) is 5.82. The first-order valence-corrected chi connectivity index (χ1v) is 11.2. The van der Waals surface area contributed by atoms with Gasteiger partial charge in [-0.3, -0.25) is 14.4 Å². The van der Waals surface area contributed by atoms with Crippen LogP contribution in [0.1, 0.15) is 18.4 Å². The predicted octanol–water partition coefficient (Wildman–Crippen LogP) is -0.539. The van der Waals surface area contributed by atoms with Crippen molar-refractivity contribution in [3.63, 3.8) is 0 Å². The lowest BCUT2D eigenvalue weighted by atomic mass is 10.1. The van der Waals surface area contributed by atoms with Gasteiger partial charge in [0.15, 0.2) is 0 Å². The molecule has 0 radical (unpaired) electrons. The molecule has 0 bridgehead atoms. The molecule has 9 nitrogen and oxygen atoms in total. The molecule has 1 aromatic carbocycles. The van der Waals surface area contributed by atoms with Crippen molar-refractivity contribution in [3.8, 4) is 0 Å². The summed E-state index contributed by atoms with van der Waals surface area (Å²) in [5, 5.41) is 14.5. The molecule has 3 amide bonds. The van der Waals surface area contributed by atoms with Gasteiger partial charge in [0.1, 0.15) is 18.1 Å². The lowest BCUT2D eigenvalue weighted by Gasteiger charge is -2.28. The van der Waals surface area contributed by atoms with Crippen LogP contribution in [0.4, 0.5) is 0 Å². The van der Waals surface area contributed by atoms with E-state index in [1.54, 1.807) is 24.3 Å². The zero-order valence-corrected chi connectivity index (χ0v) is 18.7. The van der Waals surface area contributed by atoms with E-state index in [4.69, 9.17) is 5.73 Å². The van der Waals surface area contributed by atoms with Crippen molar-refractivity contribution in [2.75, 3.05) is 18.1 Å². The smallest absolute Gasteiger partial charge is 0.326 e. The van der Waals surface area contributed by atoms with Gasteiger partial charge in [-0.05, 0) is 18.4 Å². The van der Waals surface area contributed by atoms with Crippen LogP contribution in [0, 0.1) is 0 Å². The summed E-state index contributed by atoms with van der Waals surface area (Å²) in [5.41, 5.74) is 6.50. The van der Waals surface area contributed by atoms with E-state index in [1.807, 2.05) is 6.07 Å². The van der Waals surface area contributed by atoms with Gasteiger partial charge in [-0.2, -0.15) is 25.3 Å². The number of carbonyl (C=O) groups is 4. The van der Waals surface area contributed by atoms with Gasteiger partial charge in [0, 0.05) is 24.5 Å². The number of aliphatic carboxylic acids is 1. The highest BCUT2D eigenvalue weighted by atomic mass is 32.1. The Morgan fingerprint density at radius 1 is 1.10 bits per heavy atom. The second kappa shape index (κ2) is 12.0. The summed E-state index contributed by atoms with van der Waals surface area (Å²) in [4.78, 5) is 50.8. The van der Waals surface area contributed by atoms with E-state index in [-0.39, 0.29) is 23.8 Å². The molecule has 0 spiro atoms. The molecule has 5 N–H and O–H groups in total. The lowest BCUT2D eigenvalue weighted by molar-refractivity contribution is -0.142. The molecule has 1 saturated heterocycles. The molecule has 1 aromatic rings. The molecule has 31 heavy (non-hydrogen) atoms. The Balaban J connectivity index is 2.01. The number of benzene rings is 1. The number of thiol groups is 2. The molecule has 1 aliphatic heterocycles. The van der Waals surface area contributed by atoms with Crippen molar-refractivity contribution in [1.29, 1.82) is 0 Å². The minimum absolute atomic E-state index is 0.0356. The Morgan fingerprint density at radius 3 is 2.35 bits per heavy atom. The van der Waals surface area contributed by atoms with Crippen molar-refractivity contribution in [3.05, 3.63) is 35.9 Å². The summed E-state index contributed by atoms with van der Waals surface area (Å²) >= 11 is 8.15. The molecule has 1 aliphatic rings. The SMILES string of the molecule is NC(CS)C(=O)N1CCCC1C(=O)NC(CS)C(=O)NC(Cc1ccccc1)C(=O)O. The number of nitrogens with one attached hydrogen (secondary N) is 2. The molecular formula is C20H28N4O5S2. The predicted molar refractivity (Wildman–Crippen MR) is 122 cm³/mol. The number of carbonyl (C=O) groups excluding carboxylic acids is 3. The number of carboxylic acids is 1. The molecule has 0 saturated carbocycles. The van der Waals surface area contributed by atoms with Gasteiger partial charge in [0.05, 0.1) is 6.04 Å². The van der Waals surface area contributed by atoms with Gasteiger partial charge in [0.2, 0.25) is 17.7 Å². The van der Waals surface area contributed by atoms with E-state index in [9.17, 15) is 24.3 Å². The van der Waals surface area contributed by atoms with E-state index in [0.717, 1.165) is 5.56 Å². The number of nitrogens with zero attached hydrogens (tertiary/aromatic N) is 1. The molecule has 0 aliphatic carbocycles. The standard InChI is InChI=1S/C20H28N4O5S2/c21-13(10-30)19(27)24-8-4-7-16(24)18(26)23-15(11-31)17(25)22-14(20(28)29)9-12-5-2-1-3-6-12/h1-3,5-6,13-16,30-31H,4,7-11,21H2,(H,22,25)(H,23,26)(H,28,29). The first-order chi connectivity index (χ1) is 14.8. The van der Waals surface area contributed by atoms with Gasteiger partial charge >= 0.3 is 5.97 Å². The zero-order valence-electron chi connectivity index (χ0n) is 16.9. The summed E-state index contributed by atoms with van der Waals surface area (Å²) in [5.74, 6) is -2.59. The van der Waals surface area contributed by atoms with Crippen molar-refractivity contribution in [2.24, 2.45) is 5.73 Å². The van der Waals surface area contributed by atoms with Crippen LogP contribution in [0.2, 0.25) is 0 Å². The van der Waals surface area contributed by atoms with Crippen LogP contribution in [0.25, 0.3) is 0 Å². The van der Waals surface area contributed by atoms with Crippen LogP contribution >= 0.6 is 25.3 Å². The fourth-order valence-electron chi connectivity index (χ4n) is 3.38. The molecule has 11 heteroatoms. The second-order valence-electron chi connectivity index (χ2n) is 7.31. The van der Waals surface area contributed by atoms with Crippen molar-refractivity contribution >= 4 is 48.9 Å². The number of likely N-dealkylation sites (tertiary alicyclic amines) is 1. The van der Waals surface area contributed by atoms with Crippen molar-refractivity contribution < 1.29 is 24.3 Å². The Kier molecular flexibility index (Phi) is 9.66. The molecule has 4 unspecified atom stereocenters. The Labute approximate surface area is 191 Å². The molecule has 0 aromatic heterocycles. The number of amides is 3. The van der Waals surface area contributed by atoms with Gasteiger partial charge in [-0.25, -0.2) is 4.79 Å². The fraction of sp³-hybridized carbons (Fsp3) is 0.500. The maximum Gasteiger partial charge on any atom is 0.326 e. The summed E-state index contributed by atoms with van der Waals surface area (Å²) in [6.45, 7) is 0.397. The average Bonchev–Trinajstić information content (AvgIpc) is 3.26. The third-order valence-electron chi connectivity index (χ3n) is 5.07. The molecule has 1 fully saturated rings. The summed E-state index contributed by atoms with van der Waals surface area (Å²) in [6.07, 6.45) is 1.18. The van der Waals surface area contributed by atoms with Gasteiger partial charge in [-0.1, -0.05) is 30.3 Å². The fourth-order valence-corrected chi connectivity index (χ4v) is 3.79. The van der Waals surface area contributed by atoms with E-state index in [1.165, 1.54) is 4.90 Å². The van der Waals surface area contributed by atoms with Crippen LogP contribution in [0.15, 0.2) is 30.3 Å². The number of rotatable bonds is 10. The minimum atomic E-state index is -1.19. The van der Waals surface area contributed by atoms with Crippen LogP contribution in [0.5, 0.6) is 0 Å².